The zero-order chi connectivity index (χ0) is 14.8. The van der Waals surface area contributed by atoms with Crippen molar-refractivity contribution in [1.82, 2.24) is 4.72 Å². The quantitative estimate of drug-likeness (QED) is 0.813. The fraction of sp³-hybridized carbons (Fsp3) is 0.600. The molecule has 0 radical (unpaired) electrons. The molecule has 0 aliphatic heterocycles. The van der Waals surface area contributed by atoms with E-state index in [1.54, 1.807) is 12.1 Å². The van der Waals surface area contributed by atoms with Crippen LogP contribution in [0, 0.1) is 0 Å². The Balaban J connectivity index is 2.30. The van der Waals surface area contributed by atoms with Crippen molar-refractivity contribution in [1.29, 1.82) is 0 Å². The molecule has 0 atom stereocenters. The fourth-order valence-corrected chi connectivity index (χ4v) is 3.51. The first-order valence-corrected chi connectivity index (χ1v) is 8.78. The smallest absolute Gasteiger partial charge is 0.242 e. The van der Waals surface area contributed by atoms with E-state index in [9.17, 15) is 8.42 Å². The van der Waals surface area contributed by atoms with E-state index < -0.39 is 10.0 Å². The van der Waals surface area contributed by atoms with E-state index in [-0.39, 0.29) is 11.6 Å². The SMILES string of the molecule is CCC(C)(CC)Nc1ccccc1S(=O)(=O)NC1CC1. The van der Waals surface area contributed by atoms with Gasteiger partial charge in [0.15, 0.2) is 0 Å². The number of para-hydroxylation sites is 1. The van der Waals surface area contributed by atoms with E-state index in [0.717, 1.165) is 25.7 Å². The Hall–Kier alpha value is -1.07. The molecule has 0 spiro atoms. The van der Waals surface area contributed by atoms with E-state index in [0.29, 0.717) is 10.6 Å². The molecule has 20 heavy (non-hydrogen) atoms. The Morgan fingerprint density at radius 1 is 1.20 bits per heavy atom. The summed E-state index contributed by atoms with van der Waals surface area (Å²) >= 11 is 0. The summed E-state index contributed by atoms with van der Waals surface area (Å²) in [7, 11) is -3.43. The minimum Gasteiger partial charge on any atom is -0.379 e. The minimum atomic E-state index is -3.43. The number of hydrogen-bond donors (Lipinski definition) is 2. The molecule has 1 aromatic rings. The number of nitrogens with one attached hydrogen (secondary N) is 2. The predicted molar refractivity (Wildman–Crippen MR) is 82.4 cm³/mol. The second-order valence-electron chi connectivity index (χ2n) is 5.78. The third-order valence-corrected chi connectivity index (χ3v) is 5.65. The molecule has 112 valence electrons. The lowest BCUT2D eigenvalue weighted by Gasteiger charge is -2.30. The van der Waals surface area contributed by atoms with Crippen LogP contribution < -0.4 is 10.0 Å². The Morgan fingerprint density at radius 2 is 1.80 bits per heavy atom. The van der Waals surface area contributed by atoms with Crippen LogP contribution in [0.5, 0.6) is 0 Å². The lowest BCUT2D eigenvalue weighted by Crippen LogP contribution is -2.34. The van der Waals surface area contributed by atoms with E-state index in [2.05, 4.69) is 30.8 Å². The van der Waals surface area contributed by atoms with Crippen LogP contribution in [-0.4, -0.2) is 20.0 Å². The highest BCUT2D eigenvalue weighted by atomic mass is 32.2. The third-order valence-electron chi connectivity index (χ3n) is 4.07. The van der Waals surface area contributed by atoms with E-state index >= 15 is 0 Å². The van der Waals surface area contributed by atoms with Gasteiger partial charge in [-0.1, -0.05) is 26.0 Å². The van der Waals surface area contributed by atoms with E-state index in [1.807, 2.05) is 12.1 Å². The maximum atomic E-state index is 12.4. The van der Waals surface area contributed by atoms with Gasteiger partial charge in [-0.25, -0.2) is 13.1 Å². The summed E-state index contributed by atoms with van der Waals surface area (Å²) in [5.74, 6) is 0. The third kappa shape index (κ3) is 3.52. The number of anilines is 1. The summed E-state index contributed by atoms with van der Waals surface area (Å²) in [4.78, 5) is 0.347. The van der Waals surface area contributed by atoms with Gasteiger partial charge in [-0.3, -0.25) is 0 Å². The van der Waals surface area contributed by atoms with Gasteiger partial charge in [-0.2, -0.15) is 0 Å². The molecular weight excluding hydrogens is 272 g/mol. The normalized spacial score (nSPS) is 16.1. The monoisotopic (exact) mass is 296 g/mol. The number of sulfonamides is 1. The molecule has 2 rings (SSSR count). The first kappa shape index (κ1) is 15.3. The van der Waals surface area contributed by atoms with Gasteiger partial charge in [0.2, 0.25) is 10.0 Å². The lowest BCUT2D eigenvalue weighted by atomic mass is 9.95. The van der Waals surface area contributed by atoms with Crippen LogP contribution in [0.25, 0.3) is 0 Å². The molecule has 1 saturated carbocycles. The topological polar surface area (TPSA) is 58.2 Å². The molecule has 4 nitrogen and oxygen atoms in total. The highest BCUT2D eigenvalue weighted by molar-refractivity contribution is 7.89. The number of hydrogen-bond acceptors (Lipinski definition) is 3. The minimum absolute atomic E-state index is 0.0921. The molecule has 0 saturated heterocycles. The first-order valence-electron chi connectivity index (χ1n) is 7.30. The lowest BCUT2D eigenvalue weighted by molar-refractivity contribution is 0.477. The van der Waals surface area contributed by atoms with Crippen molar-refractivity contribution < 1.29 is 8.42 Å². The van der Waals surface area contributed by atoms with E-state index in [4.69, 9.17) is 0 Å². The second-order valence-corrected chi connectivity index (χ2v) is 7.47. The molecule has 1 aliphatic carbocycles. The summed E-state index contributed by atoms with van der Waals surface area (Å²) in [5, 5.41) is 3.40. The van der Waals surface area contributed by atoms with Crippen molar-refractivity contribution in [2.75, 3.05) is 5.32 Å². The molecule has 5 heteroatoms. The molecule has 0 aromatic heterocycles. The Kier molecular flexibility index (Phi) is 4.39. The van der Waals surface area contributed by atoms with Gasteiger partial charge >= 0.3 is 0 Å². The van der Waals surface area contributed by atoms with Crippen molar-refractivity contribution in [2.45, 2.75) is 62.9 Å². The highest BCUT2D eigenvalue weighted by Gasteiger charge is 2.30. The van der Waals surface area contributed by atoms with Gasteiger partial charge in [0, 0.05) is 11.6 Å². The summed E-state index contributed by atoms with van der Waals surface area (Å²) in [6.07, 6.45) is 3.76. The molecule has 0 bridgehead atoms. The molecule has 0 amide bonds. The van der Waals surface area contributed by atoms with Gasteiger partial charge in [0.25, 0.3) is 0 Å². The molecule has 1 aromatic carbocycles. The second kappa shape index (κ2) is 5.74. The summed E-state index contributed by atoms with van der Waals surface area (Å²) < 4.78 is 27.6. The molecular formula is C15H24N2O2S. The van der Waals surface area contributed by atoms with E-state index in [1.165, 1.54) is 0 Å². The standard InChI is InChI=1S/C15H24N2O2S/c1-4-15(3,5-2)16-13-8-6-7-9-14(13)20(18,19)17-12-10-11-12/h6-9,12,16-17H,4-5,10-11H2,1-3H3. The Bertz CT molecular complexity index is 561. The van der Waals surface area contributed by atoms with Crippen LogP contribution >= 0.6 is 0 Å². The fourth-order valence-electron chi connectivity index (χ4n) is 2.04. The van der Waals surface area contributed by atoms with Gasteiger partial charge in [-0.05, 0) is 44.7 Å². The van der Waals surface area contributed by atoms with Crippen LogP contribution in [-0.2, 0) is 10.0 Å². The van der Waals surface area contributed by atoms with Crippen LogP contribution in [0.1, 0.15) is 46.5 Å². The maximum Gasteiger partial charge on any atom is 0.242 e. The van der Waals surface area contributed by atoms with Crippen molar-refractivity contribution >= 4 is 15.7 Å². The maximum absolute atomic E-state index is 12.4. The first-order chi connectivity index (χ1) is 9.40. The summed E-state index contributed by atoms with van der Waals surface area (Å²) in [6.45, 7) is 6.33. The highest BCUT2D eigenvalue weighted by Crippen LogP contribution is 2.29. The van der Waals surface area contributed by atoms with Crippen LogP contribution in [0.4, 0.5) is 5.69 Å². The van der Waals surface area contributed by atoms with Crippen LogP contribution in [0.2, 0.25) is 0 Å². The zero-order valence-corrected chi connectivity index (χ0v) is 13.3. The summed E-state index contributed by atoms with van der Waals surface area (Å²) in [5.41, 5.74) is 0.595. The molecule has 1 aliphatic rings. The van der Waals surface area contributed by atoms with Gasteiger partial charge in [0.05, 0.1) is 5.69 Å². The van der Waals surface area contributed by atoms with Crippen molar-refractivity contribution in [3.63, 3.8) is 0 Å². The van der Waals surface area contributed by atoms with Crippen LogP contribution in [0.3, 0.4) is 0 Å². The summed E-state index contributed by atoms with van der Waals surface area (Å²) in [6, 6.07) is 7.26. The van der Waals surface area contributed by atoms with Crippen molar-refractivity contribution in [2.24, 2.45) is 0 Å². The zero-order valence-electron chi connectivity index (χ0n) is 12.4. The average molecular weight is 296 g/mol. The molecule has 1 fully saturated rings. The van der Waals surface area contributed by atoms with Gasteiger partial charge < -0.3 is 5.32 Å². The Morgan fingerprint density at radius 3 is 2.35 bits per heavy atom. The average Bonchev–Trinajstić information content (AvgIpc) is 3.22. The molecule has 0 heterocycles. The van der Waals surface area contributed by atoms with Gasteiger partial charge in [0.1, 0.15) is 4.90 Å². The Labute approximate surface area is 122 Å². The number of rotatable bonds is 7. The van der Waals surface area contributed by atoms with Gasteiger partial charge in [-0.15, -0.1) is 0 Å². The number of benzene rings is 1. The van der Waals surface area contributed by atoms with Crippen molar-refractivity contribution in [3.8, 4) is 0 Å². The molecule has 0 unspecified atom stereocenters. The predicted octanol–water partition coefficient (Wildman–Crippen LogP) is 3.12. The van der Waals surface area contributed by atoms with Crippen molar-refractivity contribution in [3.05, 3.63) is 24.3 Å². The van der Waals surface area contributed by atoms with Crippen LogP contribution in [0.15, 0.2) is 29.2 Å². The molecule has 2 N–H and O–H groups in total. The largest absolute Gasteiger partial charge is 0.379 e.